The summed E-state index contributed by atoms with van der Waals surface area (Å²) in [7, 11) is 1.58. The Kier molecular flexibility index (Phi) is 5.95. The first-order chi connectivity index (χ1) is 13.5. The summed E-state index contributed by atoms with van der Waals surface area (Å²) in [6.45, 7) is 1.84. The van der Waals surface area contributed by atoms with E-state index < -0.39 is 11.7 Å². The van der Waals surface area contributed by atoms with Crippen LogP contribution >= 0.6 is 0 Å². The van der Waals surface area contributed by atoms with Crippen LogP contribution in [0.3, 0.4) is 0 Å². The molecule has 0 aliphatic rings. The Morgan fingerprint density at radius 1 is 1.32 bits per heavy atom. The van der Waals surface area contributed by atoms with Crippen molar-refractivity contribution in [2.75, 3.05) is 19.0 Å². The number of benzene rings is 1. The van der Waals surface area contributed by atoms with Crippen LogP contribution in [0.25, 0.3) is 11.5 Å². The van der Waals surface area contributed by atoms with E-state index in [2.05, 4.69) is 15.5 Å². The maximum atomic E-state index is 13.6. The molecule has 0 saturated carbocycles. The van der Waals surface area contributed by atoms with E-state index in [1.807, 2.05) is 0 Å². The Morgan fingerprint density at radius 2 is 2.14 bits per heavy atom. The van der Waals surface area contributed by atoms with Gasteiger partial charge in [0.1, 0.15) is 12.4 Å². The number of hydrogen-bond acceptors (Lipinski definition) is 6. The summed E-state index contributed by atoms with van der Waals surface area (Å²) in [6, 6.07) is 7.24. The zero-order valence-electron chi connectivity index (χ0n) is 15.4. The van der Waals surface area contributed by atoms with Crippen LogP contribution in [0, 0.1) is 12.7 Å². The molecule has 0 aliphatic heterocycles. The van der Waals surface area contributed by atoms with Crippen LogP contribution in [0.1, 0.15) is 11.4 Å². The summed E-state index contributed by atoms with van der Waals surface area (Å²) in [4.78, 5) is 28.6. The van der Waals surface area contributed by atoms with Gasteiger partial charge in [-0.3, -0.25) is 9.59 Å². The molecule has 9 heteroatoms. The van der Waals surface area contributed by atoms with Crippen LogP contribution in [0.5, 0.6) is 0 Å². The van der Waals surface area contributed by atoms with Crippen molar-refractivity contribution in [3.63, 3.8) is 0 Å². The van der Waals surface area contributed by atoms with Crippen molar-refractivity contribution in [2.24, 2.45) is 0 Å². The van der Waals surface area contributed by atoms with E-state index in [-0.39, 0.29) is 18.0 Å². The van der Waals surface area contributed by atoms with Crippen LogP contribution in [-0.4, -0.2) is 34.3 Å². The van der Waals surface area contributed by atoms with Crippen molar-refractivity contribution >= 4 is 11.6 Å². The fourth-order valence-corrected chi connectivity index (χ4v) is 2.47. The Morgan fingerprint density at radius 3 is 2.89 bits per heavy atom. The molecular formula is C19H19FN4O4. The first-order valence-corrected chi connectivity index (χ1v) is 8.54. The van der Waals surface area contributed by atoms with Gasteiger partial charge in [0.2, 0.25) is 5.91 Å². The van der Waals surface area contributed by atoms with Crippen LogP contribution in [0.4, 0.5) is 10.1 Å². The van der Waals surface area contributed by atoms with E-state index in [0.717, 1.165) is 0 Å². The van der Waals surface area contributed by atoms with Gasteiger partial charge in [0.25, 0.3) is 11.4 Å². The average Bonchev–Trinajstić information content (AvgIpc) is 3.14. The fourth-order valence-electron chi connectivity index (χ4n) is 2.47. The number of halogens is 1. The molecule has 0 aliphatic carbocycles. The quantitative estimate of drug-likeness (QED) is 0.668. The molecule has 0 saturated heterocycles. The maximum absolute atomic E-state index is 13.6. The van der Waals surface area contributed by atoms with Gasteiger partial charge >= 0.3 is 0 Å². The van der Waals surface area contributed by atoms with Gasteiger partial charge in [0.05, 0.1) is 12.2 Å². The lowest BCUT2D eigenvalue weighted by atomic mass is 10.2. The van der Waals surface area contributed by atoms with Crippen LogP contribution in [0.2, 0.25) is 0 Å². The second-order valence-corrected chi connectivity index (χ2v) is 6.15. The Labute approximate surface area is 160 Å². The van der Waals surface area contributed by atoms with Gasteiger partial charge in [0.15, 0.2) is 5.82 Å². The van der Waals surface area contributed by atoms with E-state index in [0.29, 0.717) is 35.7 Å². The molecule has 146 valence electrons. The molecular weight excluding hydrogens is 367 g/mol. The molecule has 0 atom stereocenters. The number of nitrogens with one attached hydrogen (secondary N) is 1. The average molecular weight is 386 g/mol. The molecule has 1 aromatic carbocycles. The predicted molar refractivity (Wildman–Crippen MR) is 99.3 cm³/mol. The third kappa shape index (κ3) is 4.68. The summed E-state index contributed by atoms with van der Waals surface area (Å²) in [5, 5.41) is 6.41. The van der Waals surface area contributed by atoms with E-state index in [9.17, 15) is 14.0 Å². The van der Waals surface area contributed by atoms with Crippen LogP contribution in [0.15, 0.2) is 45.8 Å². The molecule has 2 heterocycles. The van der Waals surface area contributed by atoms with Crippen molar-refractivity contribution in [2.45, 2.75) is 19.9 Å². The van der Waals surface area contributed by atoms with Crippen molar-refractivity contribution < 1.29 is 18.4 Å². The molecule has 0 spiro atoms. The normalized spacial score (nSPS) is 10.8. The molecule has 2 aromatic heterocycles. The Bertz CT molecular complexity index is 1040. The van der Waals surface area contributed by atoms with Gasteiger partial charge in [-0.1, -0.05) is 11.2 Å². The second-order valence-electron chi connectivity index (χ2n) is 6.15. The summed E-state index contributed by atoms with van der Waals surface area (Å²) in [6.07, 6.45) is 1.96. The topological polar surface area (TPSA) is 99.3 Å². The molecule has 0 unspecified atom stereocenters. The zero-order valence-corrected chi connectivity index (χ0v) is 15.4. The number of anilines is 1. The lowest BCUT2D eigenvalue weighted by Gasteiger charge is -2.09. The lowest BCUT2D eigenvalue weighted by Crippen LogP contribution is -2.26. The van der Waals surface area contributed by atoms with Crippen LogP contribution in [-0.2, 0) is 22.5 Å². The zero-order chi connectivity index (χ0) is 20.1. The monoisotopic (exact) mass is 386 g/mol. The molecule has 8 nitrogen and oxygen atoms in total. The minimum atomic E-state index is -0.464. The standard InChI is InChI=1S/C19H19FN4O4/c1-12-3-5-14(9-15(12)20)21-17(25)11-24-10-13(4-6-18(24)26)19-22-16(23-28-19)7-8-27-2/h3-6,9-10H,7-8,11H2,1-2H3,(H,21,25). The van der Waals surface area contributed by atoms with E-state index in [4.69, 9.17) is 9.26 Å². The van der Waals surface area contributed by atoms with E-state index in [1.165, 1.54) is 22.9 Å². The number of hydrogen-bond donors (Lipinski definition) is 1. The molecule has 1 N–H and O–H groups in total. The number of aromatic nitrogens is 3. The highest BCUT2D eigenvalue weighted by atomic mass is 19.1. The van der Waals surface area contributed by atoms with E-state index >= 15 is 0 Å². The number of methoxy groups -OCH3 is 1. The van der Waals surface area contributed by atoms with E-state index in [1.54, 1.807) is 32.2 Å². The number of carbonyl (C=O) groups excluding carboxylic acids is 1. The summed E-state index contributed by atoms with van der Waals surface area (Å²) >= 11 is 0. The number of nitrogens with zero attached hydrogens (tertiary/aromatic N) is 3. The molecule has 1 amide bonds. The highest BCUT2D eigenvalue weighted by Crippen LogP contribution is 2.16. The highest BCUT2D eigenvalue weighted by molar-refractivity contribution is 5.90. The molecule has 0 bridgehead atoms. The molecule has 28 heavy (non-hydrogen) atoms. The van der Waals surface area contributed by atoms with Crippen LogP contribution < -0.4 is 10.9 Å². The van der Waals surface area contributed by atoms with Gasteiger partial charge in [-0.2, -0.15) is 4.98 Å². The maximum Gasteiger partial charge on any atom is 0.259 e. The number of pyridine rings is 1. The molecule has 3 aromatic rings. The van der Waals surface area contributed by atoms with Gasteiger partial charge < -0.3 is 19.1 Å². The van der Waals surface area contributed by atoms with Crippen molar-refractivity contribution in [3.05, 3.63) is 64.1 Å². The number of amides is 1. The first kappa shape index (κ1) is 19.4. The van der Waals surface area contributed by atoms with Gasteiger partial charge in [0, 0.05) is 31.5 Å². The second kappa shape index (κ2) is 8.57. The predicted octanol–water partition coefficient (Wildman–Crippen LogP) is 2.17. The largest absolute Gasteiger partial charge is 0.384 e. The minimum absolute atomic E-state index is 0.237. The summed E-state index contributed by atoms with van der Waals surface area (Å²) < 4.78 is 25.0. The van der Waals surface area contributed by atoms with Gasteiger partial charge in [-0.05, 0) is 30.7 Å². The van der Waals surface area contributed by atoms with Crippen molar-refractivity contribution in [1.82, 2.24) is 14.7 Å². The third-order valence-electron chi connectivity index (χ3n) is 4.00. The Hall–Kier alpha value is -3.33. The highest BCUT2D eigenvalue weighted by Gasteiger charge is 2.12. The number of aryl methyl sites for hydroxylation is 1. The first-order valence-electron chi connectivity index (χ1n) is 8.54. The van der Waals surface area contributed by atoms with Gasteiger partial charge in [-0.15, -0.1) is 0 Å². The SMILES string of the molecule is COCCc1noc(-c2ccc(=O)n(CC(=O)Nc3ccc(C)c(F)c3)c2)n1. The number of rotatable bonds is 7. The lowest BCUT2D eigenvalue weighted by molar-refractivity contribution is -0.116. The molecule has 0 fully saturated rings. The number of ether oxygens (including phenoxy) is 1. The molecule has 0 radical (unpaired) electrons. The minimum Gasteiger partial charge on any atom is -0.384 e. The number of carbonyl (C=O) groups is 1. The Balaban J connectivity index is 1.74. The smallest absolute Gasteiger partial charge is 0.259 e. The van der Waals surface area contributed by atoms with Gasteiger partial charge in [-0.25, -0.2) is 4.39 Å². The fraction of sp³-hybridized carbons (Fsp3) is 0.263. The third-order valence-corrected chi connectivity index (χ3v) is 4.00. The van der Waals surface area contributed by atoms with Crippen molar-refractivity contribution in [3.8, 4) is 11.5 Å². The summed E-state index contributed by atoms with van der Waals surface area (Å²) in [5.74, 6) is -0.166. The summed E-state index contributed by atoms with van der Waals surface area (Å²) in [5.41, 5.74) is 0.932. The van der Waals surface area contributed by atoms with Crippen molar-refractivity contribution in [1.29, 1.82) is 0 Å². The molecule has 3 rings (SSSR count).